The molecule has 15 heavy (non-hydrogen) atoms. The van der Waals surface area contributed by atoms with Crippen molar-refractivity contribution >= 4 is 5.97 Å². The van der Waals surface area contributed by atoms with E-state index in [0.717, 1.165) is 0 Å². The van der Waals surface area contributed by atoms with E-state index in [9.17, 15) is 9.90 Å². The summed E-state index contributed by atoms with van der Waals surface area (Å²) in [7, 11) is 0. The van der Waals surface area contributed by atoms with E-state index in [0.29, 0.717) is 19.3 Å². The molecule has 0 aromatic carbocycles. The van der Waals surface area contributed by atoms with Gasteiger partial charge in [-0.3, -0.25) is 4.79 Å². The standard InChI is InChI=1S/C12H20O3/c1-5-6-9(12(14)7-8-12)15-10(13)11(2,3)4/h5,9,14H,1,6-8H2,2-4H3/t9-/m0/s1. The molecule has 3 heteroatoms. The topological polar surface area (TPSA) is 46.5 Å². The van der Waals surface area contributed by atoms with Gasteiger partial charge < -0.3 is 9.84 Å². The van der Waals surface area contributed by atoms with Crippen LogP contribution in [0.5, 0.6) is 0 Å². The van der Waals surface area contributed by atoms with Gasteiger partial charge in [-0.05, 0) is 33.6 Å². The van der Waals surface area contributed by atoms with Gasteiger partial charge in [0.25, 0.3) is 0 Å². The lowest BCUT2D eigenvalue weighted by molar-refractivity contribution is -0.166. The van der Waals surface area contributed by atoms with Gasteiger partial charge in [-0.15, -0.1) is 6.58 Å². The Morgan fingerprint density at radius 3 is 2.47 bits per heavy atom. The fraction of sp³-hybridized carbons (Fsp3) is 0.750. The van der Waals surface area contributed by atoms with Crippen molar-refractivity contribution in [1.82, 2.24) is 0 Å². The highest BCUT2D eigenvalue weighted by Crippen LogP contribution is 2.41. The van der Waals surface area contributed by atoms with Crippen molar-refractivity contribution in [2.24, 2.45) is 5.41 Å². The van der Waals surface area contributed by atoms with Crippen molar-refractivity contribution in [3.8, 4) is 0 Å². The summed E-state index contributed by atoms with van der Waals surface area (Å²) in [6.45, 7) is 9.02. The molecule has 0 amide bonds. The van der Waals surface area contributed by atoms with Gasteiger partial charge in [0, 0.05) is 6.42 Å². The number of hydrogen-bond donors (Lipinski definition) is 1. The van der Waals surface area contributed by atoms with E-state index in [1.807, 2.05) is 0 Å². The van der Waals surface area contributed by atoms with Crippen LogP contribution >= 0.6 is 0 Å². The summed E-state index contributed by atoms with van der Waals surface area (Å²) in [6.07, 6.45) is 3.18. The first-order valence-corrected chi connectivity index (χ1v) is 5.34. The molecule has 1 saturated carbocycles. The van der Waals surface area contributed by atoms with Gasteiger partial charge in [-0.2, -0.15) is 0 Å². The first-order chi connectivity index (χ1) is 6.79. The van der Waals surface area contributed by atoms with Crippen LogP contribution in [0.4, 0.5) is 0 Å². The second-order valence-corrected chi connectivity index (χ2v) is 5.27. The molecular weight excluding hydrogens is 192 g/mol. The van der Waals surface area contributed by atoms with Crippen LogP contribution in [0, 0.1) is 5.41 Å². The van der Waals surface area contributed by atoms with Gasteiger partial charge >= 0.3 is 5.97 Å². The van der Waals surface area contributed by atoms with Crippen LogP contribution in [-0.2, 0) is 9.53 Å². The molecule has 0 aliphatic heterocycles. The van der Waals surface area contributed by atoms with E-state index < -0.39 is 17.1 Å². The molecule has 1 fully saturated rings. The zero-order chi connectivity index (χ0) is 11.7. The second kappa shape index (κ2) is 3.97. The second-order valence-electron chi connectivity index (χ2n) is 5.27. The number of aliphatic hydroxyl groups is 1. The molecular formula is C12H20O3. The lowest BCUT2D eigenvalue weighted by atomic mass is 9.97. The highest BCUT2D eigenvalue weighted by Gasteiger charge is 2.50. The lowest BCUT2D eigenvalue weighted by Crippen LogP contribution is -2.36. The Bertz CT molecular complexity index is 259. The first kappa shape index (κ1) is 12.2. The summed E-state index contributed by atoms with van der Waals surface area (Å²) in [5.74, 6) is -0.269. The van der Waals surface area contributed by atoms with Gasteiger partial charge in [0.1, 0.15) is 11.7 Å². The van der Waals surface area contributed by atoms with Gasteiger partial charge in [0.2, 0.25) is 0 Å². The van der Waals surface area contributed by atoms with Crippen LogP contribution in [0.25, 0.3) is 0 Å². The largest absolute Gasteiger partial charge is 0.459 e. The molecule has 0 spiro atoms. The number of carbonyl (C=O) groups excluding carboxylic acids is 1. The zero-order valence-corrected chi connectivity index (χ0v) is 9.75. The molecule has 0 saturated heterocycles. The lowest BCUT2D eigenvalue weighted by Gasteiger charge is -2.26. The number of carbonyl (C=O) groups is 1. The Kier molecular flexibility index (Phi) is 3.24. The summed E-state index contributed by atoms with van der Waals surface area (Å²) in [5.41, 5.74) is -1.32. The summed E-state index contributed by atoms with van der Waals surface area (Å²) < 4.78 is 5.32. The van der Waals surface area contributed by atoms with Crippen LogP contribution in [-0.4, -0.2) is 22.8 Å². The van der Waals surface area contributed by atoms with Gasteiger partial charge in [-0.1, -0.05) is 6.08 Å². The molecule has 1 atom stereocenters. The molecule has 0 radical (unpaired) electrons. The van der Waals surface area contributed by atoms with Crippen molar-refractivity contribution in [2.75, 3.05) is 0 Å². The third-order valence-corrected chi connectivity index (χ3v) is 2.60. The minimum Gasteiger partial charge on any atom is -0.459 e. The van der Waals surface area contributed by atoms with Gasteiger partial charge in [0.05, 0.1) is 5.41 Å². The Labute approximate surface area is 91.1 Å². The molecule has 1 rings (SSSR count). The SMILES string of the molecule is C=CC[C@H](OC(=O)C(C)(C)C)C1(O)CC1. The Morgan fingerprint density at radius 2 is 2.13 bits per heavy atom. The minimum absolute atomic E-state index is 0.269. The molecule has 1 aliphatic carbocycles. The van der Waals surface area contributed by atoms with Crippen molar-refractivity contribution in [3.05, 3.63) is 12.7 Å². The maximum Gasteiger partial charge on any atom is 0.311 e. The van der Waals surface area contributed by atoms with Crippen LogP contribution in [0.2, 0.25) is 0 Å². The number of esters is 1. The van der Waals surface area contributed by atoms with Crippen molar-refractivity contribution in [2.45, 2.75) is 51.7 Å². The third kappa shape index (κ3) is 3.06. The number of ether oxygens (including phenoxy) is 1. The molecule has 0 aromatic rings. The normalized spacial score (nSPS) is 20.5. The monoisotopic (exact) mass is 212 g/mol. The van der Waals surface area contributed by atoms with E-state index in [2.05, 4.69) is 6.58 Å². The fourth-order valence-corrected chi connectivity index (χ4v) is 1.28. The molecule has 1 N–H and O–H groups in total. The Balaban J connectivity index is 2.59. The average Bonchev–Trinajstić information content (AvgIpc) is 2.82. The highest BCUT2D eigenvalue weighted by atomic mass is 16.6. The molecule has 0 aromatic heterocycles. The van der Waals surface area contributed by atoms with E-state index in [1.54, 1.807) is 26.8 Å². The van der Waals surface area contributed by atoms with Gasteiger partial charge in [-0.25, -0.2) is 0 Å². The molecule has 3 nitrogen and oxygen atoms in total. The van der Waals surface area contributed by atoms with Crippen molar-refractivity contribution in [1.29, 1.82) is 0 Å². The number of hydrogen-bond acceptors (Lipinski definition) is 3. The van der Waals surface area contributed by atoms with Crippen LogP contribution in [0.3, 0.4) is 0 Å². The summed E-state index contributed by atoms with van der Waals surface area (Å²) in [5, 5.41) is 9.91. The number of rotatable bonds is 4. The Hall–Kier alpha value is -0.830. The average molecular weight is 212 g/mol. The molecule has 1 aliphatic rings. The zero-order valence-electron chi connectivity index (χ0n) is 9.75. The first-order valence-electron chi connectivity index (χ1n) is 5.34. The molecule has 0 unspecified atom stereocenters. The predicted molar refractivity (Wildman–Crippen MR) is 58.3 cm³/mol. The van der Waals surface area contributed by atoms with Crippen molar-refractivity contribution in [3.63, 3.8) is 0 Å². The maximum atomic E-state index is 11.7. The Morgan fingerprint density at radius 1 is 1.60 bits per heavy atom. The van der Waals surface area contributed by atoms with Crippen LogP contribution in [0.15, 0.2) is 12.7 Å². The molecule has 86 valence electrons. The fourth-order valence-electron chi connectivity index (χ4n) is 1.28. The smallest absolute Gasteiger partial charge is 0.311 e. The summed E-state index contributed by atoms with van der Waals surface area (Å²) in [6, 6.07) is 0. The predicted octanol–water partition coefficient (Wildman–Crippen LogP) is 2.05. The van der Waals surface area contributed by atoms with Gasteiger partial charge in [0.15, 0.2) is 0 Å². The quantitative estimate of drug-likeness (QED) is 0.573. The minimum atomic E-state index is -0.797. The van der Waals surface area contributed by atoms with Crippen molar-refractivity contribution < 1.29 is 14.6 Å². The van der Waals surface area contributed by atoms with Crippen LogP contribution < -0.4 is 0 Å². The van der Waals surface area contributed by atoms with E-state index in [-0.39, 0.29) is 5.97 Å². The third-order valence-electron chi connectivity index (χ3n) is 2.60. The summed E-state index contributed by atoms with van der Waals surface area (Å²) >= 11 is 0. The van der Waals surface area contributed by atoms with Crippen LogP contribution in [0.1, 0.15) is 40.0 Å². The summed E-state index contributed by atoms with van der Waals surface area (Å²) in [4.78, 5) is 11.7. The highest BCUT2D eigenvalue weighted by molar-refractivity contribution is 5.75. The van der Waals surface area contributed by atoms with E-state index >= 15 is 0 Å². The van der Waals surface area contributed by atoms with E-state index in [1.165, 1.54) is 0 Å². The maximum absolute atomic E-state index is 11.7. The molecule has 0 bridgehead atoms. The van der Waals surface area contributed by atoms with E-state index in [4.69, 9.17) is 4.74 Å². The molecule has 0 heterocycles.